The highest BCUT2D eigenvalue weighted by molar-refractivity contribution is 5.69. The van der Waals surface area contributed by atoms with Crippen molar-refractivity contribution in [3.8, 4) is 11.5 Å². The maximum absolute atomic E-state index is 11.2. The molecule has 0 atom stereocenters. The molecule has 22 heavy (non-hydrogen) atoms. The number of carbonyl (C=O) groups excluding carboxylic acids is 1. The Hall–Kier alpha value is -2.49. The molecule has 0 aliphatic carbocycles. The van der Waals surface area contributed by atoms with Gasteiger partial charge in [-0.25, -0.2) is 0 Å². The van der Waals surface area contributed by atoms with Crippen LogP contribution in [-0.2, 0) is 22.6 Å². The Morgan fingerprint density at radius 3 is 2.41 bits per heavy atom. The van der Waals surface area contributed by atoms with Gasteiger partial charge >= 0.3 is 5.97 Å². The van der Waals surface area contributed by atoms with E-state index in [1.54, 1.807) is 7.11 Å². The first-order valence-electron chi connectivity index (χ1n) is 7.13. The topological polar surface area (TPSA) is 44.8 Å². The zero-order chi connectivity index (χ0) is 15.8. The Kier molecular flexibility index (Phi) is 5.83. The summed E-state index contributed by atoms with van der Waals surface area (Å²) < 4.78 is 15.8. The predicted octanol–water partition coefficient (Wildman–Crippen LogP) is 3.38. The highest BCUT2D eigenvalue weighted by atomic mass is 16.5. The lowest BCUT2D eigenvalue weighted by Gasteiger charge is -2.12. The van der Waals surface area contributed by atoms with Crippen LogP contribution in [0.15, 0.2) is 48.5 Å². The number of hydrogen-bond acceptors (Lipinski definition) is 4. The maximum Gasteiger partial charge on any atom is 0.305 e. The molecule has 0 unspecified atom stereocenters. The monoisotopic (exact) mass is 300 g/mol. The highest BCUT2D eigenvalue weighted by Crippen LogP contribution is 2.29. The molecular formula is C18H20O4. The van der Waals surface area contributed by atoms with Gasteiger partial charge < -0.3 is 14.2 Å². The summed E-state index contributed by atoms with van der Waals surface area (Å²) in [5.74, 6) is 1.13. The van der Waals surface area contributed by atoms with Gasteiger partial charge in [0.2, 0.25) is 0 Å². The summed E-state index contributed by atoms with van der Waals surface area (Å²) in [6.07, 6.45) is 0.964. The van der Waals surface area contributed by atoms with Crippen LogP contribution in [0.5, 0.6) is 11.5 Å². The summed E-state index contributed by atoms with van der Waals surface area (Å²) in [5.41, 5.74) is 2.11. The fourth-order valence-electron chi connectivity index (χ4n) is 2.07. The molecule has 2 aromatic carbocycles. The van der Waals surface area contributed by atoms with Crippen LogP contribution in [-0.4, -0.2) is 20.2 Å². The van der Waals surface area contributed by atoms with Crippen molar-refractivity contribution in [3.05, 3.63) is 59.7 Å². The summed E-state index contributed by atoms with van der Waals surface area (Å²) in [5, 5.41) is 0. The zero-order valence-electron chi connectivity index (χ0n) is 12.9. The molecule has 0 heterocycles. The minimum atomic E-state index is -0.219. The van der Waals surface area contributed by atoms with E-state index in [2.05, 4.69) is 4.74 Å². The van der Waals surface area contributed by atoms with Gasteiger partial charge in [-0.3, -0.25) is 4.79 Å². The van der Waals surface area contributed by atoms with Crippen LogP contribution in [0.1, 0.15) is 17.5 Å². The average molecular weight is 300 g/mol. The van der Waals surface area contributed by atoms with Gasteiger partial charge in [0.1, 0.15) is 6.61 Å². The lowest BCUT2D eigenvalue weighted by molar-refractivity contribution is -0.140. The number of esters is 1. The summed E-state index contributed by atoms with van der Waals surface area (Å²) in [4.78, 5) is 11.2. The molecule has 0 radical (unpaired) electrons. The van der Waals surface area contributed by atoms with Crippen LogP contribution < -0.4 is 9.47 Å². The third-order valence-corrected chi connectivity index (χ3v) is 3.31. The van der Waals surface area contributed by atoms with E-state index in [1.807, 2.05) is 48.5 Å². The lowest BCUT2D eigenvalue weighted by Crippen LogP contribution is -2.02. The molecule has 0 aliphatic heterocycles. The van der Waals surface area contributed by atoms with Crippen LogP contribution in [0.4, 0.5) is 0 Å². The molecule has 0 aliphatic rings. The van der Waals surface area contributed by atoms with Crippen LogP contribution >= 0.6 is 0 Å². The van der Waals surface area contributed by atoms with E-state index in [4.69, 9.17) is 9.47 Å². The number of methoxy groups -OCH3 is 2. The summed E-state index contributed by atoms with van der Waals surface area (Å²) in [6, 6.07) is 15.6. The normalized spacial score (nSPS) is 10.1. The number of ether oxygens (including phenoxy) is 3. The standard InChI is InChI=1S/C18H20O4/c1-20-17-12-14(9-11-18(19)21-2)8-10-16(17)22-13-15-6-4-3-5-7-15/h3-8,10,12H,9,11,13H2,1-2H3. The van der Waals surface area contributed by atoms with Crippen molar-refractivity contribution in [1.29, 1.82) is 0 Å². The van der Waals surface area contributed by atoms with E-state index < -0.39 is 0 Å². The fourth-order valence-corrected chi connectivity index (χ4v) is 2.07. The molecule has 0 spiro atoms. The van der Waals surface area contributed by atoms with Gasteiger partial charge in [-0.05, 0) is 29.7 Å². The van der Waals surface area contributed by atoms with Crippen LogP contribution in [0.25, 0.3) is 0 Å². The van der Waals surface area contributed by atoms with Crippen molar-refractivity contribution >= 4 is 5.97 Å². The molecule has 0 saturated carbocycles. The van der Waals surface area contributed by atoms with Gasteiger partial charge in [0.25, 0.3) is 0 Å². The number of hydrogen-bond donors (Lipinski definition) is 0. The van der Waals surface area contributed by atoms with Crippen molar-refractivity contribution in [2.75, 3.05) is 14.2 Å². The van der Waals surface area contributed by atoms with Gasteiger partial charge in [-0.1, -0.05) is 36.4 Å². The van der Waals surface area contributed by atoms with E-state index in [1.165, 1.54) is 7.11 Å². The Balaban J connectivity index is 2.01. The Morgan fingerprint density at radius 1 is 0.955 bits per heavy atom. The fraction of sp³-hybridized carbons (Fsp3) is 0.278. The zero-order valence-corrected chi connectivity index (χ0v) is 12.9. The molecule has 4 nitrogen and oxygen atoms in total. The quantitative estimate of drug-likeness (QED) is 0.735. The SMILES string of the molecule is COC(=O)CCc1ccc(OCc2ccccc2)c(OC)c1. The summed E-state index contributed by atoms with van der Waals surface area (Å²) in [6.45, 7) is 0.485. The van der Waals surface area contributed by atoms with Gasteiger partial charge in [0.05, 0.1) is 14.2 Å². The summed E-state index contributed by atoms with van der Waals surface area (Å²) >= 11 is 0. The molecular weight excluding hydrogens is 280 g/mol. The largest absolute Gasteiger partial charge is 0.493 e. The average Bonchev–Trinajstić information content (AvgIpc) is 2.58. The molecule has 0 fully saturated rings. The van der Waals surface area contributed by atoms with Crippen LogP contribution in [0.3, 0.4) is 0 Å². The first-order valence-corrected chi connectivity index (χ1v) is 7.13. The van der Waals surface area contributed by atoms with Gasteiger partial charge in [0.15, 0.2) is 11.5 Å². The number of rotatable bonds is 7. The van der Waals surface area contributed by atoms with Crippen molar-refractivity contribution < 1.29 is 19.0 Å². The molecule has 0 aromatic heterocycles. The number of carbonyl (C=O) groups is 1. The number of aryl methyl sites for hydroxylation is 1. The maximum atomic E-state index is 11.2. The summed E-state index contributed by atoms with van der Waals surface area (Å²) in [7, 11) is 3.00. The van der Waals surface area contributed by atoms with Gasteiger partial charge in [-0.2, -0.15) is 0 Å². The first kappa shape index (κ1) is 15.9. The third kappa shape index (κ3) is 4.52. The van der Waals surface area contributed by atoms with Crippen molar-refractivity contribution in [2.24, 2.45) is 0 Å². The smallest absolute Gasteiger partial charge is 0.305 e. The van der Waals surface area contributed by atoms with Gasteiger partial charge in [0, 0.05) is 6.42 Å². The second-order valence-corrected chi connectivity index (χ2v) is 4.84. The first-order chi connectivity index (χ1) is 10.7. The molecule has 0 saturated heterocycles. The third-order valence-electron chi connectivity index (χ3n) is 3.31. The van der Waals surface area contributed by atoms with Crippen LogP contribution in [0, 0.1) is 0 Å². The molecule has 2 aromatic rings. The van der Waals surface area contributed by atoms with E-state index in [-0.39, 0.29) is 5.97 Å². The molecule has 0 bridgehead atoms. The Labute approximate surface area is 130 Å². The Bertz CT molecular complexity index is 608. The molecule has 116 valence electrons. The second kappa shape index (κ2) is 8.08. The second-order valence-electron chi connectivity index (χ2n) is 4.84. The van der Waals surface area contributed by atoms with E-state index in [9.17, 15) is 4.79 Å². The molecule has 2 rings (SSSR count). The van der Waals surface area contributed by atoms with Crippen LogP contribution in [0.2, 0.25) is 0 Å². The minimum Gasteiger partial charge on any atom is -0.493 e. The lowest BCUT2D eigenvalue weighted by atomic mass is 10.1. The Morgan fingerprint density at radius 2 is 1.73 bits per heavy atom. The van der Waals surface area contributed by atoms with E-state index in [0.717, 1.165) is 11.1 Å². The highest BCUT2D eigenvalue weighted by Gasteiger charge is 2.08. The van der Waals surface area contributed by atoms with E-state index in [0.29, 0.717) is 30.9 Å². The predicted molar refractivity (Wildman–Crippen MR) is 84.1 cm³/mol. The number of benzene rings is 2. The molecule has 0 amide bonds. The van der Waals surface area contributed by atoms with E-state index >= 15 is 0 Å². The van der Waals surface area contributed by atoms with Crippen molar-refractivity contribution in [1.82, 2.24) is 0 Å². The van der Waals surface area contributed by atoms with Crippen molar-refractivity contribution in [2.45, 2.75) is 19.4 Å². The van der Waals surface area contributed by atoms with Gasteiger partial charge in [-0.15, -0.1) is 0 Å². The minimum absolute atomic E-state index is 0.219. The van der Waals surface area contributed by atoms with Crippen molar-refractivity contribution in [3.63, 3.8) is 0 Å². The molecule has 0 N–H and O–H groups in total. The molecule has 4 heteroatoms.